The van der Waals surface area contributed by atoms with Crippen LogP contribution in [0.5, 0.6) is 0 Å². The fourth-order valence-electron chi connectivity index (χ4n) is 1.44. The number of amides is 2. The lowest BCUT2D eigenvalue weighted by atomic mass is 10.2. The van der Waals surface area contributed by atoms with Gasteiger partial charge in [0.1, 0.15) is 11.8 Å². The molecule has 0 spiro atoms. The van der Waals surface area contributed by atoms with Gasteiger partial charge in [-0.3, -0.25) is 9.59 Å². The molecule has 0 fully saturated rings. The molecule has 0 aliphatic heterocycles. The molecular formula is C14H18N4O3. The van der Waals surface area contributed by atoms with Crippen LogP contribution in [0.3, 0.4) is 0 Å². The highest BCUT2D eigenvalue weighted by molar-refractivity contribution is 5.76. The van der Waals surface area contributed by atoms with Gasteiger partial charge in [0.15, 0.2) is 0 Å². The van der Waals surface area contributed by atoms with E-state index in [0.29, 0.717) is 18.8 Å². The average molecular weight is 290 g/mol. The molecule has 21 heavy (non-hydrogen) atoms. The molecule has 0 bridgehead atoms. The normalized spacial score (nSPS) is 9.71. The number of nitrogens with one attached hydrogen (secondary N) is 2. The predicted molar refractivity (Wildman–Crippen MR) is 74.9 cm³/mol. The van der Waals surface area contributed by atoms with Crippen LogP contribution in [0.15, 0.2) is 18.3 Å². The van der Waals surface area contributed by atoms with Gasteiger partial charge in [-0.25, -0.2) is 4.98 Å². The summed E-state index contributed by atoms with van der Waals surface area (Å²) in [6.45, 7) is 0.927. The van der Waals surface area contributed by atoms with Crippen molar-refractivity contribution < 1.29 is 14.3 Å². The second-order valence-corrected chi connectivity index (χ2v) is 4.23. The smallest absolute Gasteiger partial charge is 0.222 e. The van der Waals surface area contributed by atoms with E-state index in [1.165, 1.54) is 0 Å². The Morgan fingerprint density at radius 1 is 1.29 bits per heavy atom. The molecule has 2 amide bonds. The fourth-order valence-corrected chi connectivity index (χ4v) is 1.44. The molecule has 112 valence electrons. The average Bonchev–Trinajstić information content (AvgIpc) is 2.52. The van der Waals surface area contributed by atoms with Gasteiger partial charge in [0, 0.05) is 32.6 Å². The lowest BCUT2D eigenvalue weighted by Gasteiger charge is -2.06. The van der Waals surface area contributed by atoms with E-state index in [4.69, 9.17) is 10.00 Å². The minimum Gasteiger partial charge on any atom is -0.380 e. The summed E-state index contributed by atoms with van der Waals surface area (Å²) in [5.41, 5.74) is 1.16. The lowest BCUT2D eigenvalue weighted by Crippen LogP contribution is -2.24. The van der Waals surface area contributed by atoms with Crippen LogP contribution >= 0.6 is 0 Å². The van der Waals surface area contributed by atoms with E-state index < -0.39 is 0 Å². The molecule has 2 N–H and O–H groups in total. The Balaban J connectivity index is 2.13. The number of nitriles is 1. The summed E-state index contributed by atoms with van der Waals surface area (Å²) >= 11 is 0. The molecule has 0 saturated carbocycles. The topological polar surface area (TPSA) is 104 Å². The summed E-state index contributed by atoms with van der Waals surface area (Å²) in [4.78, 5) is 26.4. The largest absolute Gasteiger partial charge is 0.380 e. The van der Waals surface area contributed by atoms with Crippen molar-refractivity contribution in [1.29, 1.82) is 5.26 Å². The number of aromatic nitrogens is 1. The summed E-state index contributed by atoms with van der Waals surface area (Å²) in [5.74, 6) is -0.230. The quantitative estimate of drug-likeness (QED) is 0.661. The Hall–Kier alpha value is -2.46. The first-order valence-corrected chi connectivity index (χ1v) is 6.55. The second kappa shape index (κ2) is 9.44. The van der Waals surface area contributed by atoms with Gasteiger partial charge in [-0.05, 0) is 11.6 Å². The number of pyridine rings is 1. The van der Waals surface area contributed by atoms with Crippen LogP contribution in [0.2, 0.25) is 0 Å². The van der Waals surface area contributed by atoms with E-state index in [9.17, 15) is 9.59 Å². The van der Waals surface area contributed by atoms with Crippen LogP contribution in [0.25, 0.3) is 0 Å². The minimum absolute atomic E-state index is 0.0900. The van der Waals surface area contributed by atoms with Crippen LogP contribution in [0.4, 0.5) is 0 Å². The molecule has 0 aliphatic rings. The Labute approximate surface area is 123 Å². The first-order chi connectivity index (χ1) is 10.2. The van der Waals surface area contributed by atoms with Crippen molar-refractivity contribution in [2.24, 2.45) is 0 Å². The van der Waals surface area contributed by atoms with Crippen molar-refractivity contribution in [3.63, 3.8) is 0 Å². The first kappa shape index (κ1) is 16.6. The van der Waals surface area contributed by atoms with Crippen molar-refractivity contribution in [3.05, 3.63) is 29.6 Å². The van der Waals surface area contributed by atoms with Crippen LogP contribution < -0.4 is 10.6 Å². The maximum atomic E-state index is 11.5. The maximum Gasteiger partial charge on any atom is 0.222 e. The zero-order valence-electron chi connectivity index (χ0n) is 11.9. The third-order valence-electron chi connectivity index (χ3n) is 2.65. The molecule has 0 unspecified atom stereocenters. The Morgan fingerprint density at radius 3 is 2.57 bits per heavy atom. The minimum atomic E-state index is -0.140. The zero-order valence-corrected chi connectivity index (χ0v) is 11.9. The third-order valence-corrected chi connectivity index (χ3v) is 2.65. The van der Waals surface area contributed by atoms with Crippen molar-refractivity contribution >= 4 is 11.8 Å². The Bertz CT molecular complexity index is 508. The Morgan fingerprint density at radius 2 is 2.00 bits per heavy atom. The summed E-state index contributed by atoms with van der Waals surface area (Å²) in [5, 5.41) is 13.8. The van der Waals surface area contributed by atoms with Crippen LogP contribution in [-0.4, -0.2) is 37.1 Å². The molecule has 0 radical (unpaired) electrons. The van der Waals surface area contributed by atoms with E-state index in [2.05, 4.69) is 15.6 Å². The number of ether oxygens (including phenoxy) is 1. The van der Waals surface area contributed by atoms with Gasteiger partial charge in [0.05, 0.1) is 13.2 Å². The highest BCUT2D eigenvalue weighted by Gasteiger charge is 2.03. The number of nitrogens with zero attached hydrogens (tertiary/aromatic N) is 2. The third kappa shape index (κ3) is 7.03. The molecule has 0 atom stereocenters. The SMILES string of the molecule is CNC(=O)CCOCCC(=O)NCc1ccc(C#N)nc1. The first-order valence-electron chi connectivity index (χ1n) is 6.55. The maximum absolute atomic E-state index is 11.5. The van der Waals surface area contributed by atoms with Gasteiger partial charge in [0.2, 0.25) is 11.8 Å². The zero-order chi connectivity index (χ0) is 15.5. The number of hydrogen-bond donors (Lipinski definition) is 2. The monoisotopic (exact) mass is 290 g/mol. The predicted octanol–water partition coefficient (Wildman–Crippen LogP) is 0.112. The van der Waals surface area contributed by atoms with E-state index in [-0.39, 0.29) is 31.3 Å². The number of carbonyl (C=O) groups is 2. The van der Waals surface area contributed by atoms with Gasteiger partial charge in [-0.1, -0.05) is 6.07 Å². The standard InChI is InChI=1S/C14H18N4O3/c1-16-13(19)4-6-21-7-5-14(20)18-10-11-2-3-12(8-15)17-9-11/h2-3,9H,4-7,10H2,1H3,(H,16,19)(H,18,20). The van der Waals surface area contributed by atoms with Crippen LogP contribution in [0.1, 0.15) is 24.1 Å². The fraction of sp³-hybridized carbons (Fsp3) is 0.429. The Kier molecular flexibility index (Phi) is 7.46. The summed E-state index contributed by atoms with van der Waals surface area (Å²) in [7, 11) is 1.56. The van der Waals surface area contributed by atoms with Crippen molar-refractivity contribution in [1.82, 2.24) is 15.6 Å². The number of carbonyl (C=O) groups excluding carboxylic acids is 2. The van der Waals surface area contributed by atoms with E-state index in [1.807, 2.05) is 6.07 Å². The molecule has 1 rings (SSSR count). The highest BCUT2D eigenvalue weighted by atomic mass is 16.5. The molecule has 1 heterocycles. The van der Waals surface area contributed by atoms with Gasteiger partial charge in [0.25, 0.3) is 0 Å². The lowest BCUT2D eigenvalue weighted by molar-refractivity contribution is -0.122. The molecule has 1 aromatic heterocycles. The summed E-state index contributed by atoms with van der Waals surface area (Å²) < 4.78 is 5.19. The summed E-state index contributed by atoms with van der Waals surface area (Å²) in [6.07, 6.45) is 2.07. The number of rotatable bonds is 8. The molecule has 1 aromatic rings. The molecule has 0 aromatic carbocycles. The highest BCUT2D eigenvalue weighted by Crippen LogP contribution is 1.99. The van der Waals surface area contributed by atoms with E-state index in [0.717, 1.165) is 5.56 Å². The van der Waals surface area contributed by atoms with Crippen molar-refractivity contribution in [3.8, 4) is 6.07 Å². The van der Waals surface area contributed by atoms with E-state index >= 15 is 0 Å². The second-order valence-electron chi connectivity index (χ2n) is 4.23. The molecule has 0 saturated heterocycles. The van der Waals surface area contributed by atoms with Gasteiger partial charge in [-0.2, -0.15) is 5.26 Å². The van der Waals surface area contributed by atoms with Crippen molar-refractivity contribution in [2.45, 2.75) is 19.4 Å². The number of hydrogen-bond acceptors (Lipinski definition) is 5. The van der Waals surface area contributed by atoms with Gasteiger partial charge >= 0.3 is 0 Å². The van der Waals surface area contributed by atoms with Crippen LogP contribution in [0, 0.1) is 11.3 Å². The van der Waals surface area contributed by atoms with Crippen molar-refractivity contribution in [2.75, 3.05) is 20.3 Å². The van der Waals surface area contributed by atoms with Gasteiger partial charge in [-0.15, -0.1) is 0 Å². The van der Waals surface area contributed by atoms with Crippen LogP contribution in [-0.2, 0) is 20.9 Å². The van der Waals surface area contributed by atoms with Gasteiger partial charge < -0.3 is 15.4 Å². The molecule has 7 nitrogen and oxygen atoms in total. The molecule has 0 aliphatic carbocycles. The molecular weight excluding hydrogens is 272 g/mol. The molecule has 7 heteroatoms. The summed E-state index contributed by atoms with van der Waals surface area (Å²) in [6, 6.07) is 5.27. The van der Waals surface area contributed by atoms with E-state index in [1.54, 1.807) is 25.4 Å².